The van der Waals surface area contributed by atoms with Gasteiger partial charge in [-0.3, -0.25) is 4.68 Å². The van der Waals surface area contributed by atoms with Crippen LogP contribution in [0.25, 0.3) is 5.65 Å². The molecule has 0 unspecified atom stereocenters. The van der Waals surface area contributed by atoms with Gasteiger partial charge in [0.25, 0.3) is 0 Å². The van der Waals surface area contributed by atoms with Crippen molar-refractivity contribution in [3.63, 3.8) is 0 Å². The van der Waals surface area contributed by atoms with E-state index < -0.39 is 0 Å². The van der Waals surface area contributed by atoms with Crippen molar-refractivity contribution in [3.8, 4) is 0 Å². The van der Waals surface area contributed by atoms with Crippen molar-refractivity contribution in [1.82, 2.24) is 29.6 Å². The molecule has 0 aliphatic heterocycles. The molecule has 0 aromatic carbocycles. The second-order valence-electron chi connectivity index (χ2n) is 4.64. The molecule has 0 bridgehead atoms. The van der Waals surface area contributed by atoms with Crippen LogP contribution in [0.3, 0.4) is 0 Å². The fraction of sp³-hybridized carbons (Fsp3) is 0.385. The van der Waals surface area contributed by atoms with Gasteiger partial charge < -0.3 is 5.32 Å². The van der Waals surface area contributed by atoms with Crippen molar-refractivity contribution in [2.24, 2.45) is 0 Å². The minimum atomic E-state index is 0.755. The lowest BCUT2D eigenvalue weighted by Gasteiger charge is -2.09. The molecule has 3 aromatic heterocycles. The van der Waals surface area contributed by atoms with Crippen LogP contribution < -0.4 is 5.32 Å². The molecule has 0 atom stereocenters. The van der Waals surface area contributed by atoms with Gasteiger partial charge in [-0.1, -0.05) is 12.1 Å². The number of rotatable bonds is 5. The molecule has 3 rings (SSSR count). The summed E-state index contributed by atoms with van der Waals surface area (Å²) in [6, 6.07) is 3.94. The highest BCUT2D eigenvalue weighted by Gasteiger charge is 2.05. The highest BCUT2D eigenvalue weighted by molar-refractivity contribution is 5.49. The fourth-order valence-corrected chi connectivity index (χ4v) is 2.08. The third-order valence-corrected chi connectivity index (χ3v) is 3.07. The predicted molar refractivity (Wildman–Crippen MR) is 75.6 cm³/mol. The van der Waals surface area contributed by atoms with Crippen molar-refractivity contribution in [1.29, 1.82) is 0 Å². The van der Waals surface area contributed by atoms with Crippen LogP contribution in [0.4, 0.5) is 5.82 Å². The number of aryl methyl sites for hydroxylation is 2. The summed E-state index contributed by atoms with van der Waals surface area (Å²) in [6.45, 7) is 5.54. The fourth-order valence-electron chi connectivity index (χ4n) is 2.08. The summed E-state index contributed by atoms with van der Waals surface area (Å²) in [6.07, 6.45) is 4.58. The molecule has 0 spiro atoms. The lowest BCUT2D eigenvalue weighted by atomic mass is 10.3. The standard InChI is InChI=1S/C13H17N7/c1-3-11-8-13(20-12(16-11)4-5-15-20)14-6-7-19-9-10(2)17-18-19/h4-5,8-9,14H,3,6-7H2,1-2H3. The number of anilines is 1. The van der Waals surface area contributed by atoms with Crippen LogP contribution in [-0.4, -0.2) is 36.1 Å². The molecule has 7 nitrogen and oxygen atoms in total. The molecule has 0 amide bonds. The van der Waals surface area contributed by atoms with E-state index in [1.165, 1.54) is 0 Å². The summed E-state index contributed by atoms with van der Waals surface area (Å²) in [4.78, 5) is 4.52. The first-order valence-electron chi connectivity index (χ1n) is 6.70. The molecule has 3 heterocycles. The lowest BCUT2D eigenvalue weighted by Crippen LogP contribution is -2.14. The van der Waals surface area contributed by atoms with Crippen LogP contribution >= 0.6 is 0 Å². The number of nitrogens with zero attached hydrogens (tertiary/aromatic N) is 6. The molecule has 0 saturated carbocycles. The van der Waals surface area contributed by atoms with E-state index in [1.54, 1.807) is 6.20 Å². The molecule has 20 heavy (non-hydrogen) atoms. The summed E-state index contributed by atoms with van der Waals surface area (Å²) in [7, 11) is 0. The molecule has 0 aliphatic rings. The quantitative estimate of drug-likeness (QED) is 0.757. The monoisotopic (exact) mass is 271 g/mol. The number of hydrogen-bond donors (Lipinski definition) is 1. The smallest absolute Gasteiger partial charge is 0.157 e. The summed E-state index contributed by atoms with van der Waals surface area (Å²) in [5.41, 5.74) is 2.84. The Morgan fingerprint density at radius 2 is 2.25 bits per heavy atom. The van der Waals surface area contributed by atoms with E-state index >= 15 is 0 Å². The van der Waals surface area contributed by atoms with Gasteiger partial charge in [0, 0.05) is 30.6 Å². The van der Waals surface area contributed by atoms with E-state index in [0.29, 0.717) is 0 Å². The zero-order valence-corrected chi connectivity index (χ0v) is 11.6. The Labute approximate surface area is 116 Å². The number of hydrogen-bond acceptors (Lipinski definition) is 5. The summed E-state index contributed by atoms with van der Waals surface area (Å²) >= 11 is 0. The molecule has 0 saturated heterocycles. The Bertz CT molecular complexity index is 712. The second kappa shape index (κ2) is 5.28. The number of nitrogens with one attached hydrogen (secondary N) is 1. The maximum atomic E-state index is 4.52. The van der Waals surface area contributed by atoms with Crippen LogP contribution in [0.2, 0.25) is 0 Å². The van der Waals surface area contributed by atoms with Gasteiger partial charge in [0.15, 0.2) is 5.65 Å². The molecule has 104 valence electrons. The largest absolute Gasteiger partial charge is 0.368 e. The van der Waals surface area contributed by atoms with Gasteiger partial charge in [0.05, 0.1) is 18.4 Å². The molecule has 0 fully saturated rings. The Morgan fingerprint density at radius 3 is 3.00 bits per heavy atom. The first-order chi connectivity index (χ1) is 9.76. The molecule has 3 aromatic rings. The predicted octanol–water partition coefficient (Wildman–Crippen LogP) is 1.30. The highest BCUT2D eigenvalue weighted by atomic mass is 15.4. The van der Waals surface area contributed by atoms with Gasteiger partial charge in [-0.2, -0.15) is 9.61 Å². The van der Waals surface area contributed by atoms with E-state index in [2.05, 4.69) is 32.6 Å². The SMILES string of the molecule is CCc1cc(NCCn2cc(C)nn2)n2nccc2n1. The second-order valence-corrected chi connectivity index (χ2v) is 4.64. The van der Waals surface area contributed by atoms with Crippen molar-refractivity contribution in [2.75, 3.05) is 11.9 Å². The summed E-state index contributed by atoms with van der Waals surface area (Å²) in [5.74, 6) is 0.952. The maximum Gasteiger partial charge on any atom is 0.157 e. The van der Waals surface area contributed by atoms with Gasteiger partial charge in [-0.15, -0.1) is 5.10 Å². The van der Waals surface area contributed by atoms with E-state index in [4.69, 9.17) is 0 Å². The zero-order valence-electron chi connectivity index (χ0n) is 11.6. The van der Waals surface area contributed by atoms with Crippen molar-refractivity contribution >= 4 is 11.5 Å². The van der Waals surface area contributed by atoms with E-state index in [-0.39, 0.29) is 0 Å². The van der Waals surface area contributed by atoms with Crippen molar-refractivity contribution < 1.29 is 0 Å². The number of aromatic nitrogens is 6. The third-order valence-electron chi connectivity index (χ3n) is 3.07. The number of fused-ring (bicyclic) bond motifs is 1. The Kier molecular flexibility index (Phi) is 3.32. The van der Waals surface area contributed by atoms with Crippen molar-refractivity contribution in [3.05, 3.63) is 35.9 Å². The lowest BCUT2D eigenvalue weighted by molar-refractivity contribution is 0.607. The van der Waals surface area contributed by atoms with Gasteiger partial charge in [0.2, 0.25) is 0 Å². The normalized spacial score (nSPS) is 11.1. The van der Waals surface area contributed by atoms with Crippen LogP contribution in [0, 0.1) is 6.92 Å². The molecular weight excluding hydrogens is 254 g/mol. The topological polar surface area (TPSA) is 72.9 Å². The van der Waals surface area contributed by atoms with E-state index in [0.717, 1.165) is 42.4 Å². The van der Waals surface area contributed by atoms with Gasteiger partial charge in [-0.25, -0.2) is 4.98 Å². The Hall–Kier alpha value is -2.44. The maximum absolute atomic E-state index is 4.52. The Balaban J connectivity index is 1.74. The van der Waals surface area contributed by atoms with Crippen molar-refractivity contribution in [2.45, 2.75) is 26.8 Å². The minimum Gasteiger partial charge on any atom is -0.368 e. The summed E-state index contributed by atoms with van der Waals surface area (Å²) < 4.78 is 3.64. The zero-order chi connectivity index (χ0) is 13.9. The molecular formula is C13H17N7. The highest BCUT2D eigenvalue weighted by Crippen LogP contribution is 2.12. The summed E-state index contributed by atoms with van der Waals surface area (Å²) in [5, 5.41) is 15.7. The van der Waals surface area contributed by atoms with Crippen LogP contribution in [0.5, 0.6) is 0 Å². The van der Waals surface area contributed by atoms with Gasteiger partial charge in [0.1, 0.15) is 5.82 Å². The molecule has 7 heteroatoms. The average molecular weight is 271 g/mol. The minimum absolute atomic E-state index is 0.755. The van der Waals surface area contributed by atoms with Gasteiger partial charge >= 0.3 is 0 Å². The van der Waals surface area contributed by atoms with Crippen LogP contribution in [0.15, 0.2) is 24.5 Å². The molecule has 0 radical (unpaired) electrons. The van der Waals surface area contributed by atoms with Crippen LogP contribution in [-0.2, 0) is 13.0 Å². The third kappa shape index (κ3) is 2.47. The Morgan fingerprint density at radius 1 is 1.35 bits per heavy atom. The molecule has 1 N–H and O–H groups in total. The van der Waals surface area contributed by atoms with Crippen LogP contribution in [0.1, 0.15) is 18.3 Å². The van der Waals surface area contributed by atoms with Gasteiger partial charge in [-0.05, 0) is 13.3 Å². The average Bonchev–Trinajstić information content (AvgIpc) is 3.07. The first-order valence-corrected chi connectivity index (χ1v) is 6.70. The van der Waals surface area contributed by atoms with E-state index in [9.17, 15) is 0 Å². The molecule has 0 aliphatic carbocycles. The first kappa shape index (κ1) is 12.6. The van der Waals surface area contributed by atoms with E-state index in [1.807, 2.05) is 34.5 Å².